The van der Waals surface area contributed by atoms with Crippen molar-refractivity contribution in [2.24, 2.45) is 0 Å². The van der Waals surface area contributed by atoms with Gasteiger partial charge in [-0.1, -0.05) is 48.5 Å². The standard InChI is InChI=1S/C22H18IN3O4S/c1-30-22(27)18-14-25-21(24-13-15-8-4-2-5-9-15)20-17(18)12-19(23)26(20)31(28,29)16-10-6-3-7-11-16/h2-12,14H,13H2,1H3,(H,24,25). The molecule has 0 saturated carbocycles. The largest absolute Gasteiger partial charge is 0.465 e. The number of nitrogens with one attached hydrogen (secondary N) is 1. The van der Waals surface area contributed by atoms with Gasteiger partial charge in [0.25, 0.3) is 10.0 Å². The number of methoxy groups -OCH3 is 1. The maximum Gasteiger partial charge on any atom is 0.340 e. The van der Waals surface area contributed by atoms with Gasteiger partial charge in [-0.05, 0) is 46.4 Å². The number of hydrogen-bond acceptors (Lipinski definition) is 6. The predicted octanol–water partition coefficient (Wildman–Crippen LogP) is 4.28. The van der Waals surface area contributed by atoms with Gasteiger partial charge in [0.15, 0.2) is 5.82 Å². The average molecular weight is 547 g/mol. The molecule has 31 heavy (non-hydrogen) atoms. The van der Waals surface area contributed by atoms with E-state index in [9.17, 15) is 13.2 Å². The molecule has 0 aliphatic heterocycles. The van der Waals surface area contributed by atoms with Crippen molar-refractivity contribution in [2.45, 2.75) is 11.4 Å². The van der Waals surface area contributed by atoms with Gasteiger partial charge in [0, 0.05) is 18.1 Å². The van der Waals surface area contributed by atoms with Gasteiger partial charge in [-0.2, -0.15) is 0 Å². The number of benzene rings is 2. The van der Waals surface area contributed by atoms with Crippen LogP contribution in [-0.2, 0) is 21.3 Å². The fourth-order valence-corrected chi connectivity index (χ4v) is 6.02. The second kappa shape index (κ2) is 8.67. The Balaban J connectivity index is 1.93. The highest BCUT2D eigenvalue weighted by Gasteiger charge is 2.27. The molecule has 0 aliphatic rings. The Morgan fingerprint density at radius 3 is 2.39 bits per heavy atom. The number of carbonyl (C=O) groups excluding carboxylic acids is 1. The van der Waals surface area contributed by atoms with Crippen LogP contribution in [0.5, 0.6) is 0 Å². The molecule has 4 aromatic rings. The van der Waals surface area contributed by atoms with Gasteiger partial charge in [-0.15, -0.1) is 0 Å². The van der Waals surface area contributed by atoms with Crippen molar-refractivity contribution in [3.8, 4) is 0 Å². The lowest BCUT2D eigenvalue weighted by molar-refractivity contribution is 0.0602. The molecular weight excluding hydrogens is 529 g/mol. The normalized spacial score (nSPS) is 11.4. The van der Waals surface area contributed by atoms with Crippen LogP contribution < -0.4 is 5.32 Å². The maximum atomic E-state index is 13.5. The monoisotopic (exact) mass is 547 g/mol. The molecule has 0 unspecified atom stereocenters. The van der Waals surface area contributed by atoms with E-state index >= 15 is 0 Å². The van der Waals surface area contributed by atoms with Gasteiger partial charge >= 0.3 is 5.97 Å². The van der Waals surface area contributed by atoms with E-state index in [1.54, 1.807) is 24.3 Å². The van der Waals surface area contributed by atoms with Crippen molar-refractivity contribution in [1.29, 1.82) is 0 Å². The smallest absolute Gasteiger partial charge is 0.340 e. The molecule has 0 fully saturated rings. The first-order valence-electron chi connectivity index (χ1n) is 9.30. The Bertz CT molecular complexity index is 1350. The van der Waals surface area contributed by atoms with E-state index in [1.165, 1.54) is 29.4 Å². The summed E-state index contributed by atoms with van der Waals surface area (Å²) in [6, 6.07) is 19.5. The van der Waals surface area contributed by atoms with Crippen LogP contribution in [0, 0.1) is 3.70 Å². The summed E-state index contributed by atoms with van der Waals surface area (Å²) >= 11 is 1.95. The third kappa shape index (κ3) is 4.02. The van der Waals surface area contributed by atoms with Crippen molar-refractivity contribution in [3.63, 3.8) is 0 Å². The van der Waals surface area contributed by atoms with Gasteiger partial charge < -0.3 is 10.1 Å². The average Bonchev–Trinajstić information content (AvgIpc) is 3.16. The number of rotatable bonds is 6. The summed E-state index contributed by atoms with van der Waals surface area (Å²) < 4.78 is 33.5. The summed E-state index contributed by atoms with van der Waals surface area (Å²) in [5, 5.41) is 3.66. The van der Waals surface area contributed by atoms with Crippen LogP contribution in [0.4, 0.5) is 5.82 Å². The lowest BCUT2D eigenvalue weighted by Crippen LogP contribution is -2.16. The number of hydrogen-bond donors (Lipinski definition) is 1. The number of nitrogens with zero attached hydrogens (tertiary/aromatic N) is 2. The third-order valence-electron chi connectivity index (χ3n) is 4.74. The molecular formula is C22H18IN3O4S. The molecule has 0 saturated heterocycles. The number of ether oxygens (including phenoxy) is 1. The topological polar surface area (TPSA) is 90.3 Å². The molecule has 0 radical (unpaired) electrons. The van der Waals surface area contributed by atoms with E-state index in [2.05, 4.69) is 10.3 Å². The predicted molar refractivity (Wildman–Crippen MR) is 127 cm³/mol. The lowest BCUT2D eigenvalue weighted by Gasteiger charge is -2.14. The molecule has 9 heteroatoms. The highest BCUT2D eigenvalue weighted by atomic mass is 127. The summed E-state index contributed by atoms with van der Waals surface area (Å²) in [5.41, 5.74) is 1.50. The molecule has 2 heterocycles. The summed E-state index contributed by atoms with van der Waals surface area (Å²) in [5.74, 6) is -0.230. The van der Waals surface area contributed by atoms with Crippen molar-refractivity contribution >= 4 is 55.3 Å². The Hall–Kier alpha value is -2.92. The van der Waals surface area contributed by atoms with Crippen LogP contribution in [0.25, 0.3) is 10.9 Å². The molecule has 2 aromatic heterocycles. The number of halogens is 1. The highest BCUT2D eigenvalue weighted by molar-refractivity contribution is 14.1. The minimum atomic E-state index is -3.93. The van der Waals surface area contributed by atoms with E-state index < -0.39 is 16.0 Å². The maximum absolute atomic E-state index is 13.5. The first-order valence-corrected chi connectivity index (χ1v) is 11.8. The molecule has 4 rings (SSSR count). The van der Waals surface area contributed by atoms with Crippen molar-refractivity contribution in [2.75, 3.05) is 12.4 Å². The van der Waals surface area contributed by atoms with Crippen LogP contribution in [-0.4, -0.2) is 30.5 Å². The second-order valence-electron chi connectivity index (χ2n) is 6.66. The van der Waals surface area contributed by atoms with Gasteiger partial charge in [0.1, 0.15) is 5.52 Å². The van der Waals surface area contributed by atoms with Crippen LogP contribution >= 0.6 is 22.6 Å². The highest BCUT2D eigenvalue weighted by Crippen LogP contribution is 2.33. The lowest BCUT2D eigenvalue weighted by atomic mass is 10.2. The Labute approximate surface area is 193 Å². The summed E-state index contributed by atoms with van der Waals surface area (Å²) in [6.07, 6.45) is 1.40. The van der Waals surface area contributed by atoms with Crippen molar-refractivity contribution < 1.29 is 17.9 Å². The summed E-state index contributed by atoms with van der Waals surface area (Å²) in [4.78, 5) is 16.8. The van der Waals surface area contributed by atoms with Crippen LogP contribution in [0.2, 0.25) is 0 Å². The molecule has 0 spiro atoms. The quantitative estimate of drug-likeness (QED) is 0.287. The number of aromatic nitrogens is 2. The summed E-state index contributed by atoms with van der Waals surface area (Å²) in [7, 11) is -2.65. The zero-order valence-electron chi connectivity index (χ0n) is 16.4. The van der Waals surface area contributed by atoms with Gasteiger partial charge in [0.2, 0.25) is 0 Å². The minimum absolute atomic E-state index is 0.142. The van der Waals surface area contributed by atoms with Crippen LogP contribution in [0.15, 0.2) is 77.8 Å². The van der Waals surface area contributed by atoms with Crippen molar-refractivity contribution in [3.05, 3.63) is 87.8 Å². The Kier molecular flexibility index (Phi) is 5.96. The first-order chi connectivity index (χ1) is 14.9. The molecule has 2 aromatic carbocycles. The molecule has 7 nitrogen and oxygen atoms in total. The fraction of sp³-hybridized carbons (Fsp3) is 0.0909. The van der Waals surface area contributed by atoms with Crippen LogP contribution in [0.3, 0.4) is 0 Å². The zero-order chi connectivity index (χ0) is 22.0. The van der Waals surface area contributed by atoms with E-state index in [1.807, 2.05) is 52.9 Å². The number of fused-ring (bicyclic) bond motifs is 1. The zero-order valence-corrected chi connectivity index (χ0v) is 19.4. The second-order valence-corrected chi connectivity index (χ2v) is 9.55. The molecule has 1 N–H and O–H groups in total. The fourth-order valence-electron chi connectivity index (χ4n) is 3.27. The van der Waals surface area contributed by atoms with E-state index in [0.717, 1.165) is 5.56 Å². The number of pyridine rings is 1. The molecule has 0 amide bonds. The molecule has 158 valence electrons. The van der Waals surface area contributed by atoms with Crippen molar-refractivity contribution in [1.82, 2.24) is 8.96 Å². The van der Waals surface area contributed by atoms with E-state index in [4.69, 9.17) is 4.74 Å². The first kappa shape index (κ1) is 21.3. The minimum Gasteiger partial charge on any atom is -0.465 e. The number of carbonyl (C=O) groups is 1. The van der Waals surface area contributed by atoms with Gasteiger partial charge in [-0.3, -0.25) is 0 Å². The number of esters is 1. The van der Waals surface area contributed by atoms with E-state index in [-0.39, 0.29) is 10.5 Å². The van der Waals surface area contributed by atoms with E-state index in [0.29, 0.717) is 27.0 Å². The Morgan fingerprint density at radius 1 is 1.10 bits per heavy atom. The molecule has 0 bridgehead atoms. The summed E-state index contributed by atoms with van der Waals surface area (Å²) in [6.45, 7) is 0.438. The van der Waals surface area contributed by atoms with Gasteiger partial charge in [-0.25, -0.2) is 22.2 Å². The molecule has 0 atom stereocenters. The van der Waals surface area contributed by atoms with Crippen LogP contribution in [0.1, 0.15) is 15.9 Å². The number of anilines is 1. The van der Waals surface area contributed by atoms with Gasteiger partial charge in [0.05, 0.1) is 21.3 Å². The third-order valence-corrected chi connectivity index (χ3v) is 7.59. The Morgan fingerprint density at radius 2 is 1.74 bits per heavy atom. The SMILES string of the molecule is COC(=O)c1cnc(NCc2ccccc2)c2c1cc(I)n2S(=O)(=O)c1ccccc1. The molecule has 0 aliphatic carbocycles.